The van der Waals surface area contributed by atoms with Crippen molar-refractivity contribution >= 4 is 10.9 Å². The van der Waals surface area contributed by atoms with Crippen LogP contribution in [0.4, 0.5) is 0 Å². The van der Waals surface area contributed by atoms with Crippen LogP contribution in [0.5, 0.6) is 11.5 Å². The Kier molecular flexibility index (Phi) is 2.88. The molecule has 2 heterocycles. The van der Waals surface area contributed by atoms with Crippen molar-refractivity contribution in [2.75, 3.05) is 6.79 Å². The number of ether oxygens (including phenoxy) is 2. The van der Waals surface area contributed by atoms with Crippen molar-refractivity contribution in [2.24, 2.45) is 7.05 Å². The molecule has 0 saturated carbocycles. The van der Waals surface area contributed by atoms with Gasteiger partial charge in [-0.15, -0.1) is 0 Å². The zero-order chi connectivity index (χ0) is 12.4. The Hall–Kier alpha value is -2.22. The van der Waals surface area contributed by atoms with Gasteiger partial charge in [-0.05, 0) is 6.07 Å². The fourth-order valence-corrected chi connectivity index (χ4v) is 1.72. The SMILES string of the molecule is CC.Cn1nc2cc3c(cc2c1C#N)OCO3. The average molecular weight is 231 g/mol. The van der Waals surface area contributed by atoms with E-state index in [0.29, 0.717) is 17.2 Å². The van der Waals surface area contributed by atoms with Gasteiger partial charge in [0.25, 0.3) is 0 Å². The van der Waals surface area contributed by atoms with Crippen molar-refractivity contribution in [1.82, 2.24) is 9.78 Å². The van der Waals surface area contributed by atoms with Crippen LogP contribution in [0, 0.1) is 11.3 Å². The van der Waals surface area contributed by atoms with Crippen LogP contribution in [0.15, 0.2) is 12.1 Å². The van der Waals surface area contributed by atoms with Gasteiger partial charge in [0.15, 0.2) is 11.5 Å². The highest BCUT2D eigenvalue weighted by Crippen LogP contribution is 2.36. The highest BCUT2D eigenvalue weighted by molar-refractivity contribution is 5.87. The fraction of sp³-hybridized carbons (Fsp3) is 0.333. The number of nitrogens with zero attached hydrogens (tertiary/aromatic N) is 3. The second kappa shape index (κ2) is 4.34. The smallest absolute Gasteiger partial charge is 0.231 e. The summed E-state index contributed by atoms with van der Waals surface area (Å²) < 4.78 is 12.0. The monoisotopic (exact) mass is 231 g/mol. The Morgan fingerprint density at radius 3 is 2.59 bits per heavy atom. The van der Waals surface area contributed by atoms with Crippen LogP contribution in [0.25, 0.3) is 10.9 Å². The van der Waals surface area contributed by atoms with E-state index in [1.54, 1.807) is 23.9 Å². The molecule has 0 radical (unpaired) electrons. The Morgan fingerprint density at radius 2 is 1.94 bits per heavy atom. The van der Waals surface area contributed by atoms with Gasteiger partial charge in [0.2, 0.25) is 6.79 Å². The zero-order valence-electron chi connectivity index (χ0n) is 10.0. The highest BCUT2D eigenvalue weighted by Gasteiger charge is 2.18. The van der Waals surface area contributed by atoms with E-state index in [1.807, 2.05) is 13.8 Å². The molecule has 1 aliphatic heterocycles. The predicted octanol–water partition coefficient (Wildman–Crippen LogP) is 2.20. The molecule has 0 unspecified atom stereocenters. The molecule has 0 bridgehead atoms. The van der Waals surface area contributed by atoms with E-state index < -0.39 is 0 Å². The lowest BCUT2D eigenvalue weighted by Crippen LogP contribution is -1.94. The van der Waals surface area contributed by atoms with Crippen molar-refractivity contribution in [3.63, 3.8) is 0 Å². The lowest BCUT2D eigenvalue weighted by atomic mass is 10.2. The maximum Gasteiger partial charge on any atom is 0.231 e. The third kappa shape index (κ3) is 1.68. The molecular weight excluding hydrogens is 218 g/mol. The van der Waals surface area contributed by atoms with Crippen LogP contribution in [0.1, 0.15) is 19.5 Å². The molecule has 88 valence electrons. The number of rotatable bonds is 0. The van der Waals surface area contributed by atoms with Crippen molar-refractivity contribution in [1.29, 1.82) is 5.26 Å². The predicted molar refractivity (Wildman–Crippen MR) is 62.9 cm³/mol. The highest BCUT2D eigenvalue weighted by atomic mass is 16.7. The van der Waals surface area contributed by atoms with Crippen LogP contribution in [0.3, 0.4) is 0 Å². The van der Waals surface area contributed by atoms with Crippen LogP contribution in [0.2, 0.25) is 0 Å². The minimum atomic E-state index is 0.232. The molecule has 0 fully saturated rings. The van der Waals surface area contributed by atoms with Crippen LogP contribution >= 0.6 is 0 Å². The molecule has 5 heteroatoms. The number of nitriles is 1. The molecule has 0 spiro atoms. The first-order valence-electron chi connectivity index (χ1n) is 5.46. The minimum absolute atomic E-state index is 0.232. The van der Waals surface area contributed by atoms with Crippen molar-refractivity contribution < 1.29 is 9.47 Å². The second-order valence-electron chi connectivity index (χ2n) is 3.31. The largest absolute Gasteiger partial charge is 0.454 e. The van der Waals surface area contributed by atoms with Crippen LogP contribution in [-0.4, -0.2) is 16.6 Å². The summed E-state index contributed by atoms with van der Waals surface area (Å²) in [5.74, 6) is 1.36. The van der Waals surface area contributed by atoms with Gasteiger partial charge in [-0.25, -0.2) is 0 Å². The standard InChI is InChI=1S/C10H7N3O2.C2H6/c1-13-8(4-11)6-2-9-10(15-5-14-9)3-7(6)12-13;1-2/h2-3H,5H2,1H3;1-2H3. The summed E-state index contributed by atoms with van der Waals surface area (Å²) in [6, 6.07) is 5.70. The number of fused-ring (bicyclic) bond motifs is 2. The average Bonchev–Trinajstić information content (AvgIpc) is 2.91. The molecule has 17 heavy (non-hydrogen) atoms. The van der Waals surface area contributed by atoms with Crippen molar-refractivity contribution in [3.05, 3.63) is 17.8 Å². The first-order chi connectivity index (χ1) is 8.29. The third-order valence-corrected chi connectivity index (χ3v) is 2.43. The van der Waals surface area contributed by atoms with Crippen molar-refractivity contribution in [2.45, 2.75) is 13.8 Å². The number of benzene rings is 1. The molecule has 3 rings (SSSR count). The molecule has 0 N–H and O–H groups in total. The normalized spacial score (nSPS) is 11.9. The molecular formula is C12H13N3O2. The minimum Gasteiger partial charge on any atom is -0.454 e. The van der Waals surface area contributed by atoms with Gasteiger partial charge >= 0.3 is 0 Å². The van der Waals surface area contributed by atoms with E-state index in [4.69, 9.17) is 14.7 Å². The quantitative estimate of drug-likeness (QED) is 0.697. The Morgan fingerprint density at radius 1 is 1.29 bits per heavy atom. The molecule has 1 aromatic heterocycles. The summed E-state index contributed by atoms with van der Waals surface area (Å²) in [6.07, 6.45) is 0. The fourth-order valence-electron chi connectivity index (χ4n) is 1.72. The van der Waals surface area contributed by atoms with E-state index in [2.05, 4.69) is 11.2 Å². The lowest BCUT2D eigenvalue weighted by Gasteiger charge is -1.94. The van der Waals surface area contributed by atoms with Gasteiger partial charge in [0, 0.05) is 18.5 Å². The Balaban J connectivity index is 0.000000514. The molecule has 0 aliphatic carbocycles. The van der Waals surface area contributed by atoms with Gasteiger partial charge < -0.3 is 9.47 Å². The summed E-state index contributed by atoms with van der Waals surface area (Å²) in [6.45, 7) is 4.23. The molecule has 1 aromatic carbocycles. The van der Waals surface area contributed by atoms with Crippen molar-refractivity contribution in [3.8, 4) is 17.6 Å². The Labute approximate surface area is 99.2 Å². The van der Waals surface area contributed by atoms with E-state index in [9.17, 15) is 0 Å². The Bertz CT molecular complexity index is 596. The summed E-state index contributed by atoms with van der Waals surface area (Å²) in [4.78, 5) is 0. The van der Waals surface area contributed by atoms with E-state index >= 15 is 0 Å². The van der Waals surface area contributed by atoms with Gasteiger partial charge in [0.1, 0.15) is 11.8 Å². The molecule has 0 amide bonds. The van der Waals surface area contributed by atoms with E-state index in [1.165, 1.54) is 0 Å². The molecule has 0 atom stereocenters. The molecule has 2 aromatic rings. The van der Waals surface area contributed by atoms with Gasteiger partial charge in [-0.2, -0.15) is 10.4 Å². The zero-order valence-corrected chi connectivity index (χ0v) is 10.0. The maximum absolute atomic E-state index is 8.97. The summed E-state index contributed by atoms with van der Waals surface area (Å²) in [5.41, 5.74) is 1.28. The molecule has 1 aliphatic rings. The van der Waals surface area contributed by atoms with Gasteiger partial charge in [-0.1, -0.05) is 13.8 Å². The number of hydrogen-bond acceptors (Lipinski definition) is 4. The first-order valence-corrected chi connectivity index (χ1v) is 5.46. The van der Waals surface area contributed by atoms with E-state index in [-0.39, 0.29) is 6.79 Å². The van der Waals surface area contributed by atoms with E-state index in [0.717, 1.165) is 10.9 Å². The van der Waals surface area contributed by atoms with Crippen LogP contribution < -0.4 is 9.47 Å². The number of aromatic nitrogens is 2. The summed E-state index contributed by atoms with van der Waals surface area (Å²) in [5, 5.41) is 14.0. The number of hydrogen-bond donors (Lipinski definition) is 0. The van der Waals surface area contributed by atoms with Gasteiger partial charge in [-0.3, -0.25) is 4.68 Å². The number of aryl methyl sites for hydroxylation is 1. The summed E-state index contributed by atoms with van der Waals surface area (Å²) >= 11 is 0. The maximum atomic E-state index is 8.97. The molecule has 0 saturated heterocycles. The summed E-state index contributed by atoms with van der Waals surface area (Å²) in [7, 11) is 1.74. The van der Waals surface area contributed by atoms with Crippen LogP contribution in [-0.2, 0) is 7.05 Å². The lowest BCUT2D eigenvalue weighted by molar-refractivity contribution is 0.174. The third-order valence-electron chi connectivity index (χ3n) is 2.43. The van der Waals surface area contributed by atoms with Gasteiger partial charge in [0.05, 0.1) is 5.52 Å². The first kappa shape index (κ1) is 11.3. The second-order valence-corrected chi connectivity index (χ2v) is 3.31. The molecule has 5 nitrogen and oxygen atoms in total. The topological polar surface area (TPSA) is 60.1 Å².